The number of benzene rings is 2. The number of esters is 1. The molecule has 2 rings (SSSR count). The molecular formula is C30H43NO6SSi. The van der Waals surface area contributed by atoms with E-state index in [1.54, 1.807) is 0 Å². The van der Waals surface area contributed by atoms with Gasteiger partial charge in [-0.3, -0.25) is 8.98 Å². The van der Waals surface area contributed by atoms with Gasteiger partial charge in [0, 0.05) is 19.8 Å². The Morgan fingerprint density at radius 3 is 2.00 bits per heavy atom. The number of hydrogen-bond donors (Lipinski definition) is 1. The summed E-state index contributed by atoms with van der Waals surface area (Å²) in [6.07, 6.45) is 3.07. The standard InChI is InChI=1S/C30H43NO6SSi/c1-6-7-8-9-10-13-18-26(36-25(2)32)23-27(37-38(31,33)34)24-35-39(30(3,4)5,28-19-14-11-15-20-28)29-21-16-12-17-22-29/h11-12,14-17,19-22,26-27H,6-10,23-24H2,1-5H3,(H2,31,33,34). The van der Waals surface area contributed by atoms with E-state index in [2.05, 4.69) is 39.5 Å². The maximum atomic E-state index is 12.0. The summed E-state index contributed by atoms with van der Waals surface area (Å²) >= 11 is 0. The molecule has 2 atom stereocenters. The number of carbonyl (C=O) groups is 1. The topological polar surface area (TPSA) is 105 Å². The van der Waals surface area contributed by atoms with Crippen LogP contribution in [0.25, 0.3) is 0 Å². The third-order valence-corrected chi connectivity index (χ3v) is 11.9. The molecule has 0 spiro atoms. The van der Waals surface area contributed by atoms with E-state index < -0.39 is 36.8 Å². The molecule has 0 amide bonds. The van der Waals surface area contributed by atoms with Crippen molar-refractivity contribution in [3.05, 3.63) is 60.7 Å². The van der Waals surface area contributed by atoms with Crippen molar-refractivity contribution in [2.45, 2.75) is 90.4 Å². The van der Waals surface area contributed by atoms with Gasteiger partial charge in [0.05, 0.1) is 6.61 Å². The number of ether oxygens (including phenoxy) is 1. The highest BCUT2D eigenvalue weighted by Crippen LogP contribution is 2.37. The lowest BCUT2D eigenvalue weighted by molar-refractivity contribution is -0.144. The second kappa shape index (κ2) is 15.3. The van der Waals surface area contributed by atoms with Crippen LogP contribution >= 0.6 is 0 Å². The first-order valence-electron chi connectivity index (χ1n) is 13.5. The molecule has 0 fully saturated rings. The Morgan fingerprint density at radius 1 is 0.974 bits per heavy atom. The smallest absolute Gasteiger partial charge is 0.333 e. The molecule has 2 N–H and O–H groups in total. The molecule has 0 aliphatic rings. The summed E-state index contributed by atoms with van der Waals surface area (Å²) in [7, 11) is -7.29. The van der Waals surface area contributed by atoms with Crippen LogP contribution in [0.2, 0.25) is 5.04 Å². The molecule has 2 unspecified atom stereocenters. The van der Waals surface area contributed by atoms with Crippen LogP contribution in [0.1, 0.15) is 73.1 Å². The summed E-state index contributed by atoms with van der Waals surface area (Å²) in [5.74, 6) is 5.54. The van der Waals surface area contributed by atoms with Crippen LogP contribution in [0.15, 0.2) is 60.7 Å². The van der Waals surface area contributed by atoms with Gasteiger partial charge in [0.25, 0.3) is 8.32 Å². The molecule has 2 aromatic carbocycles. The van der Waals surface area contributed by atoms with Crippen molar-refractivity contribution in [2.75, 3.05) is 6.61 Å². The van der Waals surface area contributed by atoms with E-state index in [4.69, 9.17) is 18.5 Å². The molecule has 0 radical (unpaired) electrons. The molecule has 0 saturated carbocycles. The van der Waals surface area contributed by atoms with Crippen molar-refractivity contribution in [3.63, 3.8) is 0 Å². The van der Waals surface area contributed by atoms with E-state index in [-0.39, 0.29) is 18.1 Å². The van der Waals surface area contributed by atoms with Crippen LogP contribution in [0.3, 0.4) is 0 Å². The van der Waals surface area contributed by atoms with Gasteiger partial charge in [-0.05, 0) is 21.8 Å². The van der Waals surface area contributed by atoms with E-state index in [0.717, 1.165) is 36.1 Å². The molecule has 2 aromatic rings. The Labute approximate surface area is 235 Å². The Hall–Kier alpha value is -2.48. The molecule has 214 valence electrons. The first-order chi connectivity index (χ1) is 18.4. The first-order valence-corrected chi connectivity index (χ1v) is 16.9. The van der Waals surface area contributed by atoms with E-state index in [0.29, 0.717) is 6.42 Å². The largest absolute Gasteiger partial charge is 0.449 e. The number of carbonyl (C=O) groups excluding carboxylic acids is 1. The number of hydrogen-bond acceptors (Lipinski definition) is 6. The van der Waals surface area contributed by atoms with Crippen molar-refractivity contribution >= 4 is 35.0 Å². The molecule has 0 aromatic heterocycles. The zero-order chi connectivity index (χ0) is 28.9. The Balaban J connectivity index is 2.42. The normalized spacial score (nSPS) is 13.7. The molecule has 0 bridgehead atoms. The van der Waals surface area contributed by atoms with Crippen LogP contribution in [-0.4, -0.2) is 41.5 Å². The monoisotopic (exact) mass is 573 g/mol. The van der Waals surface area contributed by atoms with Gasteiger partial charge >= 0.3 is 16.3 Å². The summed E-state index contributed by atoms with van der Waals surface area (Å²) in [4.78, 5) is 11.8. The lowest BCUT2D eigenvalue weighted by Crippen LogP contribution is -2.67. The van der Waals surface area contributed by atoms with Crippen LogP contribution in [0, 0.1) is 11.8 Å². The summed E-state index contributed by atoms with van der Waals surface area (Å²) < 4.78 is 41.6. The van der Waals surface area contributed by atoms with Crippen LogP contribution < -0.4 is 15.5 Å². The zero-order valence-electron chi connectivity index (χ0n) is 23.8. The molecule has 9 heteroatoms. The van der Waals surface area contributed by atoms with Gasteiger partial charge in [-0.1, -0.05) is 119 Å². The SMILES string of the molecule is CCCCCCC#CC(CC(CO[Si](c1ccccc1)(c1ccccc1)C(C)(C)C)OS(N)(=O)=O)OC(C)=O. The maximum Gasteiger partial charge on any atom is 0.333 e. The van der Waals surface area contributed by atoms with Gasteiger partial charge in [0.2, 0.25) is 0 Å². The molecular weight excluding hydrogens is 530 g/mol. The Kier molecular flexibility index (Phi) is 12.9. The highest BCUT2D eigenvalue weighted by molar-refractivity contribution is 7.84. The Bertz CT molecular complexity index is 1150. The van der Waals surface area contributed by atoms with Crippen LogP contribution in [0.4, 0.5) is 0 Å². The minimum absolute atomic E-state index is 0.00380. The van der Waals surface area contributed by atoms with Gasteiger partial charge in [-0.2, -0.15) is 8.42 Å². The average Bonchev–Trinajstić information content (AvgIpc) is 2.85. The van der Waals surface area contributed by atoms with E-state index in [1.807, 2.05) is 60.7 Å². The summed E-state index contributed by atoms with van der Waals surface area (Å²) in [5.41, 5.74) is 0. The van der Waals surface area contributed by atoms with Crippen LogP contribution in [0.5, 0.6) is 0 Å². The average molecular weight is 574 g/mol. The zero-order valence-corrected chi connectivity index (χ0v) is 25.6. The highest BCUT2D eigenvalue weighted by Gasteiger charge is 2.50. The molecule has 39 heavy (non-hydrogen) atoms. The van der Waals surface area contributed by atoms with Crippen LogP contribution in [-0.2, 0) is 28.4 Å². The number of unbranched alkanes of at least 4 members (excludes halogenated alkanes) is 4. The minimum Gasteiger partial charge on any atom is -0.449 e. The third-order valence-electron chi connectivity index (χ3n) is 6.38. The van der Waals surface area contributed by atoms with E-state index >= 15 is 0 Å². The fraction of sp³-hybridized carbons (Fsp3) is 0.500. The first kappa shape index (κ1) is 32.7. The fourth-order valence-electron chi connectivity index (χ4n) is 4.71. The van der Waals surface area contributed by atoms with E-state index in [9.17, 15) is 13.2 Å². The van der Waals surface area contributed by atoms with Gasteiger partial charge in [0.15, 0.2) is 6.10 Å². The van der Waals surface area contributed by atoms with Gasteiger partial charge in [0.1, 0.15) is 6.10 Å². The number of nitrogens with two attached hydrogens (primary N) is 1. The second-order valence-corrected chi connectivity index (χ2v) is 16.1. The highest BCUT2D eigenvalue weighted by atomic mass is 32.2. The predicted octanol–water partition coefficient (Wildman–Crippen LogP) is 4.45. The lowest BCUT2D eigenvalue weighted by Gasteiger charge is -2.43. The number of rotatable bonds is 14. The van der Waals surface area contributed by atoms with Gasteiger partial charge in [-0.25, -0.2) is 5.14 Å². The van der Waals surface area contributed by atoms with Crippen molar-refractivity contribution < 1.29 is 26.6 Å². The predicted molar refractivity (Wildman–Crippen MR) is 158 cm³/mol. The van der Waals surface area contributed by atoms with Crippen molar-refractivity contribution in [1.29, 1.82) is 0 Å². The minimum atomic E-state index is -4.32. The molecule has 0 aliphatic carbocycles. The van der Waals surface area contributed by atoms with Gasteiger partial charge in [-0.15, -0.1) is 0 Å². The summed E-state index contributed by atoms with van der Waals surface area (Å²) in [6, 6.07) is 20.0. The van der Waals surface area contributed by atoms with Gasteiger partial charge < -0.3 is 9.16 Å². The molecule has 7 nitrogen and oxygen atoms in total. The maximum absolute atomic E-state index is 12.0. The third kappa shape index (κ3) is 10.5. The summed E-state index contributed by atoms with van der Waals surface area (Å²) in [6.45, 7) is 9.73. The summed E-state index contributed by atoms with van der Waals surface area (Å²) in [5, 5.41) is 7.05. The fourth-order valence-corrected chi connectivity index (χ4v) is 9.81. The molecule has 0 aliphatic heterocycles. The lowest BCUT2D eigenvalue weighted by atomic mass is 10.1. The van der Waals surface area contributed by atoms with Crippen molar-refractivity contribution in [3.8, 4) is 11.8 Å². The molecule has 0 heterocycles. The Morgan fingerprint density at radius 2 is 1.54 bits per heavy atom. The molecule has 0 saturated heterocycles. The van der Waals surface area contributed by atoms with E-state index in [1.165, 1.54) is 6.92 Å². The second-order valence-electron chi connectivity index (χ2n) is 10.7. The van der Waals surface area contributed by atoms with Crippen molar-refractivity contribution in [2.24, 2.45) is 5.14 Å². The quantitative estimate of drug-likeness (QED) is 0.155. The van der Waals surface area contributed by atoms with Crippen molar-refractivity contribution in [1.82, 2.24) is 0 Å².